The third kappa shape index (κ3) is 7.13. The molecule has 1 saturated heterocycles. The first kappa shape index (κ1) is 29.9. The summed E-state index contributed by atoms with van der Waals surface area (Å²) in [5.41, 5.74) is 2.30. The van der Waals surface area contributed by atoms with Crippen LogP contribution in [0.4, 0.5) is 0 Å². The zero-order valence-electron chi connectivity index (χ0n) is 25.1. The van der Waals surface area contributed by atoms with Gasteiger partial charge in [0.25, 0.3) is 5.56 Å². The quantitative estimate of drug-likeness (QED) is 0.201. The molecule has 0 bridgehead atoms. The van der Waals surface area contributed by atoms with Gasteiger partial charge < -0.3 is 14.0 Å². The molecule has 2 aromatic heterocycles. The Morgan fingerprint density at radius 3 is 2.45 bits per heavy atom. The summed E-state index contributed by atoms with van der Waals surface area (Å²) < 4.78 is 15.8. The molecule has 10 heteroatoms. The average Bonchev–Trinajstić information content (AvgIpc) is 3.53. The molecule has 0 amide bonds. The Morgan fingerprint density at radius 2 is 1.70 bits per heavy atom. The summed E-state index contributed by atoms with van der Waals surface area (Å²) in [5, 5.41) is 1.28. The molecule has 9 nitrogen and oxygen atoms in total. The van der Waals surface area contributed by atoms with Crippen LogP contribution in [0.15, 0.2) is 90.2 Å². The Hall–Kier alpha value is -4.18. The molecular formula is C34H37ClN6O3. The van der Waals surface area contributed by atoms with Crippen LogP contribution in [0.2, 0.25) is 5.02 Å². The van der Waals surface area contributed by atoms with Crippen molar-refractivity contribution in [1.29, 1.82) is 0 Å². The number of hydrogen-bond donors (Lipinski definition) is 0. The average molecular weight is 613 g/mol. The van der Waals surface area contributed by atoms with E-state index in [2.05, 4.69) is 14.8 Å². The van der Waals surface area contributed by atoms with Gasteiger partial charge in [0.05, 0.1) is 35.6 Å². The molecule has 0 atom stereocenters. The molecule has 0 saturated carbocycles. The van der Waals surface area contributed by atoms with Gasteiger partial charge in [0.2, 0.25) is 0 Å². The predicted molar refractivity (Wildman–Crippen MR) is 173 cm³/mol. The minimum atomic E-state index is -0.102. The number of ether oxygens (including phenoxy) is 2. The van der Waals surface area contributed by atoms with Gasteiger partial charge in [-0.2, -0.15) is 0 Å². The second-order valence-corrected chi connectivity index (χ2v) is 11.7. The van der Waals surface area contributed by atoms with Gasteiger partial charge in [-0.1, -0.05) is 29.8 Å². The van der Waals surface area contributed by atoms with E-state index in [0.717, 1.165) is 44.0 Å². The van der Waals surface area contributed by atoms with Gasteiger partial charge in [0.1, 0.15) is 23.9 Å². The molecule has 3 heterocycles. The SMILES string of the molecule is CC(C)Oc1ccccc1-n1c(CN2CCN(CCOc3ccc(Cl)cc3)CC2)nc2ccc(Cn3ccnc3)cc2c1=O. The summed E-state index contributed by atoms with van der Waals surface area (Å²) in [5.74, 6) is 2.18. The van der Waals surface area contributed by atoms with E-state index in [-0.39, 0.29) is 11.7 Å². The molecule has 44 heavy (non-hydrogen) atoms. The first-order valence-corrected chi connectivity index (χ1v) is 15.4. The minimum Gasteiger partial charge on any atom is -0.492 e. The molecule has 1 aliphatic heterocycles. The van der Waals surface area contributed by atoms with Gasteiger partial charge in [0.15, 0.2) is 0 Å². The number of rotatable bonds is 11. The van der Waals surface area contributed by atoms with Crippen LogP contribution in [0.25, 0.3) is 16.6 Å². The van der Waals surface area contributed by atoms with Gasteiger partial charge in [-0.15, -0.1) is 0 Å². The maximum atomic E-state index is 14.3. The summed E-state index contributed by atoms with van der Waals surface area (Å²) in [6.45, 7) is 10.2. The molecule has 1 aliphatic rings. The summed E-state index contributed by atoms with van der Waals surface area (Å²) in [4.78, 5) is 28.3. The highest BCUT2D eigenvalue weighted by Crippen LogP contribution is 2.26. The van der Waals surface area contributed by atoms with Crippen LogP contribution in [0.3, 0.4) is 0 Å². The molecule has 1 fully saturated rings. The van der Waals surface area contributed by atoms with E-state index in [1.165, 1.54) is 0 Å². The maximum Gasteiger partial charge on any atom is 0.266 e. The van der Waals surface area contributed by atoms with Gasteiger partial charge in [-0.05, 0) is 67.9 Å². The fourth-order valence-electron chi connectivity index (χ4n) is 5.51. The lowest BCUT2D eigenvalue weighted by molar-refractivity contribution is 0.110. The van der Waals surface area contributed by atoms with E-state index in [1.54, 1.807) is 17.1 Å². The van der Waals surface area contributed by atoms with Crippen LogP contribution in [0.1, 0.15) is 25.2 Å². The van der Waals surface area contributed by atoms with Crippen molar-refractivity contribution < 1.29 is 9.47 Å². The zero-order chi connectivity index (χ0) is 30.5. The Morgan fingerprint density at radius 1 is 0.932 bits per heavy atom. The van der Waals surface area contributed by atoms with Gasteiger partial charge in [-0.25, -0.2) is 9.97 Å². The third-order valence-electron chi connectivity index (χ3n) is 7.72. The minimum absolute atomic E-state index is 0.0396. The van der Waals surface area contributed by atoms with Crippen LogP contribution in [0.5, 0.6) is 11.5 Å². The molecule has 0 N–H and O–H groups in total. The van der Waals surface area contributed by atoms with Gasteiger partial charge in [-0.3, -0.25) is 19.2 Å². The van der Waals surface area contributed by atoms with Crippen molar-refractivity contribution >= 4 is 22.5 Å². The van der Waals surface area contributed by atoms with Crippen LogP contribution < -0.4 is 15.0 Å². The Bertz CT molecular complexity index is 1750. The molecule has 0 radical (unpaired) electrons. The fourth-order valence-corrected chi connectivity index (χ4v) is 5.64. The second kappa shape index (κ2) is 13.6. The van der Waals surface area contributed by atoms with Crippen molar-refractivity contribution in [2.45, 2.75) is 33.0 Å². The Balaban J connectivity index is 1.23. The number of nitrogens with zero attached hydrogens (tertiary/aromatic N) is 6. The normalized spacial score (nSPS) is 14.4. The highest BCUT2D eigenvalue weighted by molar-refractivity contribution is 6.30. The lowest BCUT2D eigenvalue weighted by Crippen LogP contribution is -2.47. The number of aromatic nitrogens is 4. The number of halogens is 1. The lowest BCUT2D eigenvalue weighted by Gasteiger charge is -2.34. The first-order valence-electron chi connectivity index (χ1n) is 15.0. The zero-order valence-corrected chi connectivity index (χ0v) is 25.9. The Kier molecular flexibility index (Phi) is 9.26. The van der Waals surface area contributed by atoms with E-state index in [0.29, 0.717) is 52.9 Å². The van der Waals surface area contributed by atoms with Crippen LogP contribution in [-0.4, -0.2) is 74.3 Å². The Labute approximate surface area is 262 Å². The first-order chi connectivity index (χ1) is 21.4. The monoisotopic (exact) mass is 612 g/mol. The third-order valence-corrected chi connectivity index (χ3v) is 7.97. The summed E-state index contributed by atoms with van der Waals surface area (Å²) in [6, 6.07) is 21.1. The van der Waals surface area contributed by atoms with E-state index in [9.17, 15) is 4.79 Å². The molecule has 5 aromatic rings. The van der Waals surface area contributed by atoms with Crippen molar-refractivity contribution in [1.82, 2.24) is 28.9 Å². The molecule has 228 valence electrons. The highest BCUT2D eigenvalue weighted by Gasteiger charge is 2.22. The molecule has 0 unspecified atom stereocenters. The topological polar surface area (TPSA) is 77.7 Å². The number of imidazole rings is 1. The standard InChI is InChI=1S/C34H37ClN6O3/c1-25(2)44-32-6-4-3-5-31(32)41-33(37-30-12-7-26(21-29(30)34(41)42)22-40-14-13-36-24-40)23-39-17-15-38(16-18-39)19-20-43-28-10-8-27(35)9-11-28/h3-14,21,24-25H,15-20,22-23H2,1-2H3. The van der Waals surface area contributed by atoms with Gasteiger partial charge >= 0.3 is 0 Å². The second-order valence-electron chi connectivity index (χ2n) is 11.3. The molecule has 0 aliphatic carbocycles. The fraction of sp³-hybridized carbons (Fsp3) is 0.324. The summed E-state index contributed by atoms with van der Waals surface area (Å²) >= 11 is 5.98. The smallest absolute Gasteiger partial charge is 0.266 e. The van der Waals surface area contributed by atoms with E-state index < -0.39 is 0 Å². The van der Waals surface area contributed by atoms with E-state index >= 15 is 0 Å². The van der Waals surface area contributed by atoms with Crippen molar-refractivity contribution in [2.75, 3.05) is 39.3 Å². The number of benzene rings is 3. The van der Waals surface area contributed by atoms with Gasteiger partial charge in [0, 0.05) is 56.7 Å². The van der Waals surface area contributed by atoms with Crippen LogP contribution in [-0.2, 0) is 13.1 Å². The van der Waals surface area contributed by atoms with Crippen molar-refractivity contribution in [2.24, 2.45) is 0 Å². The maximum absolute atomic E-state index is 14.3. The lowest BCUT2D eigenvalue weighted by atomic mass is 10.1. The van der Waals surface area contributed by atoms with Crippen LogP contribution >= 0.6 is 11.6 Å². The number of fused-ring (bicyclic) bond motifs is 1. The number of hydrogen-bond acceptors (Lipinski definition) is 7. The molecular weight excluding hydrogens is 576 g/mol. The highest BCUT2D eigenvalue weighted by atomic mass is 35.5. The van der Waals surface area contributed by atoms with Crippen LogP contribution in [0, 0.1) is 0 Å². The van der Waals surface area contributed by atoms with E-state index in [4.69, 9.17) is 26.1 Å². The summed E-state index contributed by atoms with van der Waals surface area (Å²) in [6.07, 6.45) is 5.40. The molecule has 0 spiro atoms. The van der Waals surface area contributed by atoms with E-state index in [1.807, 2.05) is 91.3 Å². The predicted octanol–water partition coefficient (Wildman–Crippen LogP) is 5.27. The number of piperazine rings is 1. The largest absolute Gasteiger partial charge is 0.492 e. The molecule has 3 aromatic carbocycles. The summed E-state index contributed by atoms with van der Waals surface area (Å²) in [7, 11) is 0. The van der Waals surface area contributed by atoms with Crippen molar-refractivity contribution in [3.05, 3.63) is 112 Å². The van der Waals surface area contributed by atoms with Crippen molar-refractivity contribution in [3.8, 4) is 17.2 Å². The number of para-hydroxylation sites is 2. The van der Waals surface area contributed by atoms with Crippen molar-refractivity contribution in [3.63, 3.8) is 0 Å². The molecule has 6 rings (SSSR count).